The molecule has 1 unspecified atom stereocenters. The fourth-order valence-corrected chi connectivity index (χ4v) is 3.27. The summed E-state index contributed by atoms with van der Waals surface area (Å²) in [5, 5.41) is 3.69. The second-order valence-corrected chi connectivity index (χ2v) is 7.29. The molecular weight excluding hydrogens is 256 g/mol. The van der Waals surface area contributed by atoms with Crippen LogP contribution in [0.4, 0.5) is 0 Å². The van der Waals surface area contributed by atoms with Crippen LogP contribution in [-0.2, 0) is 0 Å². The summed E-state index contributed by atoms with van der Waals surface area (Å²) >= 11 is 0. The van der Waals surface area contributed by atoms with Gasteiger partial charge in [-0.15, -0.1) is 0 Å². The maximum Gasteiger partial charge on any atom is 0.0444 e. The van der Waals surface area contributed by atoms with Crippen LogP contribution in [0.5, 0.6) is 0 Å². The van der Waals surface area contributed by atoms with E-state index >= 15 is 0 Å². The summed E-state index contributed by atoms with van der Waals surface area (Å²) in [6, 6.07) is 9.38. The van der Waals surface area contributed by atoms with Gasteiger partial charge in [-0.05, 0) is 54.2 Å². The fraction of sp³-hybridized carbons (Fsp3) is 0.684. The van der Waals surface area contributed by atoms with Crippen LogP contribution in [0, 0.1) is 17.8 Å². The van der Waals surface area contributed by atoms with Crippen LogP contribution in [0.3, 0.4) is 0 Å². The van der Waals surface area contributed by atoms with Crippen LogP contribution in [0.2, 0.25) is 0 Å². The number of nitrogens with two attached hydrogens (primary N) is 1. The smallest absolute Gasteiger partial charge is 0.0444 e. The van der Waals surface area contributed by atoms with Gasteiger partial charge in [-0.3, -0.25) is 0 Å². The normalized spacial score (nSPS) is 17.0. The van der Waals surface area contributed by atoms with Gasteiger partial charge in [-0.25, -0.2) is 0 Å². The highest BCUT2D eigenvalue weighted by Crippen LogP contribution is 2.40. The Morgan fingerprint density at radius 3 is 2.05 bits per heavy atom. The fourth-order valence-electron chi connectivity index (χ4n) is 3.27. The molecule has 0 spiro atoms. The molecule has 2 nitrogen and oxygen atoms in total. The summed E-state index contributed by atoms with van der Waals surface area (Å²) in [7, 11) is 0. The van der Waals surface area contributed by atoms with Gasteiger partial charge in [0.25, 0.3) is 0 Å². The molecule has 21 heavy (non-hydrogen) atoms. The van der Waals surface area contributed by atoms with Crippen molar-refractivity contribution < 1.29 is 0 Å². The summed E-state index contributed by atoms with van der Waals surface area (Å²) in [5.74, 6) is 2.93. The molecule has 1 aromatic carbocycles. The molecule has 0 bridgehead atoms. The predicted octanol–water partition coefficient (Wildman–Crippen LogP) is 4.08. The quantitative estimate of drug-likeness (QED) is 0.756. The molecule has 0 amide bonds. The van der Waals surface area contributed by atoms with Crippen molar-refractivity contribution >= 4 is 0 Å². The summed E-state index contributed by atoms with van der Waals surface area (Å²) in [5.41, 5.74) is 8.81. The van der Waals surface area contributed by atoms with E-state index in [4.69, 9.17) is 5.73 Å². The Morgan fingerprint density at radius 1 is 1.05 bits per heavy atom. The van der Waals surface area contributed by atoms with Crippen molar-refractivity contribution in [1.82, 2.24) is 5.32 Å². The zero-order valence-corrected chi connectivity index (χ0v) is 14.1. The maximum atomic E-state index is 5.99. The molecule has 0 aromatic heterocycles. The van der Waals surface area contributed by atoms with Crippen molar-refractivity contribution in [1.29, 1.82) is 0 Å². The summed E-state index contributed by atoms with van der Waals surface area (Å²) in [6.07, 6.45) is 2.73. The summed E-state index contributed by atoms with van der Waals surface area (Å²) < 4.78 is 0. The van der Waals surface area contributed by atoms with Gasteiger partial charge in [0.1, 0.15) is 0 Å². The van der Waals surface area contributed by atoms with E-state index in [0.29, 0.717) is 24.3 Å². The number of benzene rings is 1. The molecule has 3 N–H and O–H groups in total. The van der Waals surface area contributed by atoms with Crippen molar-refractivity contribution in [3.8, 4) is 0 Å². The third kappa shape index (κ3) is 4.55. The first-order valence-electron chi connectivity index (χ1n) is 8.56. The van der Waals surface area contributed by atoms with E-state index in [0.717, 1.165) is 12.5 Å². The molecule has 2 rings (SSSR count). The van der Waals surface area contributed by atoms with Gasteiger partial charge in [0.15, 0.2) is 0 Å². The largest absolute Gasteiger partial charge is 0.329 e. The second-order valence-electron chi connectivity index (χ2n) is 7.29. The van der Waals surface area contributed by atoms with Crippen LogP contribution in [0.1, 0.15) is 63.6 Å². The molecule has 0 radical (unpaired) electrons. The first-order chi connectivity index (χ1) is 10.0. The van der Waals surface area contributed by atoms with Crippen LogP contribution < -0.4 is 11.1 Å². The molecule has 0 saturated heterocycles. The minimum Gasteiger partial charge on any atom is -0.329 e. The third-order valence-electron chi connectivity index (χ3n) is 4.94. The highest BCUT2D eigenvalue weighted by atomic mass is 14.9. The minimum absolute atomic E-state index is 0.276. The van der Waals surface area contributed by atoms with E-state index in [9.17, 15) is 0 Å². The molecule has 1 fully saturated rings. The van der Waals surface area contributed by atoms with Crippen LogP contribution in [-0.4, -0.2) is 13.1 Å². The lowest BCUT2D eigenvalue weighted by molar-refractivity contribution is 0.266. The monoisotopic (exact) mass is 288 g/mol. The van der Waals surface area contributed by atoms with Gasteiger partial charge in [-0.2, -0.15) is 0 Å². The van der Waals surface area contributed by atoms with Gasteiger partial charge < -0.3 is 11.1 Å². The number of hydrogen-bond acceptors (Lipinski definition) is 2. The van der Waals surface area contributed by atoms with E-state index < -0.39 is 0 Å². The van der Waals surface area contributed by atoms with Gasteiger partial charge in [0.05, 0.1) is 0 Å². The lowest BCUT2D eigenvalue weighted by Crippen LogP contribution is -2.35. The Balaban J connectivity index is 1.95. The molecule has 1 aliphatic carbocycles. The second kappa shape index (κ2) is 7.42. The van der Waals surface area contributed by atoms with Crippen LogP contribution in [0.15, 0.2) is 24.3 Å². The first kappa shape index (κ1) is 16.5. The van der Waals surface area contributed by atoms with Gasteiger partial charge in [0.2, 0.25) is 0 Å². The molecule has 1 aliphatic rings. The Hall–Kier alpha value is -0.860. The maximum absolute atomic E-state index is 5.99. The van der Waals surface area contributed by atoms with E-state index in [-0.39, 0.29) is 6.04 Å². The van der Waals surface area contributed by atoms with Crippen molar-refractivity contribution in [2.75, 3.05) is 13.1 Å². The first-order valence-corrected chi connectivity index (χ1v) is 8.56. The average molecular weight is 288 g/mol. The Kier molecular flexibility index (Phi) is 5.83. The summed E-state index contributed by atoms with van der Waals surface area (Å²) in [6.45, 7) is 11.0. The van der Waals surface area contributed by atoms with Gasteiger partial charge >= 0.3 is 0 Å². The number of hydrogen-bond donors (Lipinski definition) is 2. The molecule has 2 heteroatoms. The molecule has 1 saturated carbocycles. The molecule has 118 valence electrons. The number of nitrogens with one attached hydrogen (secondary N) is 1. The molecule has 1 atom stereocenters. The van der Waals surface area contributed by atoms with Crippen molar-refractivity contribution in [3.63, 3.8) is 0 Å². The average Bonchev–Trinajstić information content (AvgIpc) is 3.27. The van der Waals surface area contributed by atoms with Crippen LogP contribution in [0.25, 0.3) is 0 Å². The standard InChI is InChI=1S/C19H32N2/c1-13(2)18(14(3)4)12-21-19(11-20)17-9-7-16(8-10-17)15-5-6-15/h7-10,13-15,18-19,21H,5-6,11-12,20H2,1-4H3. The zero-order valence-electron chi connectivity index (χ0n) is 14.1. The predicted molar refractivity (Wildman–Crippen MR) is 91.4 cm³/mol. The Morgan fingerprint density at radius 2 is 1.62 bits per heavy atom. The van der Waals surface area contributed by atoms with Crippen LogP contribution >= 0.6 is 0 Å². The lowest BCUT2D eigenvalue weighted by atomic mass is 9.85. The molecule has 1 aromatic rings. The van der Waals surface area contributed by atoms with E-state index in [2.05, 4.69) is 57.3 Å². The Bertz CT molecular complexity index is 410. The summed E-state index contributed by atoms with van der Waals surface area (Å²) in [4.78, 5) is 0. The van der Waals surface area contributed by atoms with Gasteiger partial charge in [0, 0.05) is 12.6 Å². The van der Waals surface area contributed by atoms with Crippen molar-refractivity contribution in [2.45, 2.75) is 52.5 Å². The highest BCUT2D eigenvalue weighted by Gasteiger charge is 2.23. The lowest BCUT2D eigenvalue weighted by Gasteiger charge is -2.28. The highest BCUT2D eigenvalue weighted by molar-refractivity contribution is 5.29. The molecule has 0 heterocycles. The van der Waals surface area contributed by atoms with E-state index in [1.54, 1.807) is 0 Å². The number of rotatable bonds is 8. The Labute approximate surface area is 130 Å². The van der Waals surface area contributed by atoms with Crippen molar-refractivity contribution in [3.05, 3.63) is 35.4 Å². The topological polar surface area (TPSA) is 38.0 Å². The van der Waals surface area contributed by atoms with Gasteiger partial charge in [-0.1, -0.05) is 52.0 Å². The van der Waals surface area contributed by atoms with E-state index in [1.165, 1.54) is 24.0 Å². The molecule has 0 aliphatic heterocycles. The molecular formula is C19H32N2. The third-order valence-corrected chi connectivity index (χ3v) is 4.94. The van der Waals surface area contributed by atoms with Crippen molar-refractivity contribution in [2.24, 2.45) is 23.5 Å². The SMILES string of the molecule is CC(C)C(CNC(CN)c1ccc(C2CC2)cc1)C(C)C. The minimum atomic E-state index is 0.276. The zero-order chi connectivity index (χ0) is 15.4. The van der Waals surface area contributed by atoms with E-state index in [1.807, 2.05) is 0 Å².